The van der Waals surface area contributed by atoms with Crippen LogP contribution >= 0.6 is 11.8 Å². The zero-order valence-corrected chi connectivity index (χ0v) is 10.3. The molecule has 92 valence electrons. The summed E-state index contributed by atoms with van der Waals surface area (Å²) in [5.41, 5.74) is 0. The second-order valence-corrected chi connectivity index (χ2v) is 4.58. The largest absolute Gasteiger partial charge is 0.466 e. The average Bonchev–Trinajstić information content (AvgIpc) is 2.30. The number of thioether (sulfide) groups is 1. The molecule has 1 aliphatic heterocycles. The first-order valence-corrected chi connectivity index (χ1v) is 6.64. The van der Waals surface area contributed by atoms with Gasteiger partial charge in [-0.15, -0.1) is 0 Å². The molecule has 0 bridgehead atoms. The number of ether oxygens (including phenoxy) is 1. The molecule has 1 atom stereocenters. The van der Waals surface area contributed by atoms with E-state index in [2.05, 4.69) is 10.6 Å². The molecule has 0 aromatic carbocycles. The Hall–Kier alpha value is -0.750. The van der Waals surface area contributed by atoms with Crippen LogP contribution in [0.2, 0.25) is 0 Å². The Morgan fingerprint density at radius 3 is 3.00 bits per heavy atom. The van der Waals surface area contributed by atoms with Gasteiger partial charge in [0.25, 0.3) is 0 Å². The molecule has 0 aromatic heterocycles. The number of nitrogens with one attached hydrogen (secondary N) is 2. The van der Waals surface area contributed by atoms with Crippen LogP contribution in [0.4, 0.5) is 0 Å². The number of amides is 1. The van der Waals surface area contributed by atoms with Crippen LogP contribution in [0.3, 0.4) is 0 Å². The zero-order chi connectivity index (χ0) is 11.8. The molecular formula is C10H18N2O3S. The second-order valence-electron chi connectivity index (χ2n) is 3.43. The molecule has 0 aromatic rings. The maximum Gasteiger partial charge on any atom is 0.307 e. The lowest BCUT2D eigenvalue weighted by molar-refractivity contribution is -0.143. The SMILES string of the molecule is CCOC(=O)CCNC(=O)C1CSCCN1. The number of carbonyl (C=O) groups is 2. The van der Waals surface area contributed by atoms with Gasteiger partial charge >= 0.3 is 5.97 Å². The predicted octanol–water partition coefficient (Wildman–Crippen LogP) is -0.239. The third-order valence-corrected chi connectivity index (χ3v) is 3.23. The Kier molecular flexibility index (Phi) is 6.25. The van der Waals surface area contributed by atoms with Gasteiger partial charge in [-0.3, -0.25) is 9.59 Å². The van der Waals surface area contributed by atoms with Gasteiger partial charge in [-0.05, 0) is 6.92 Å². The van der Waals surface area contributed by atoms with Gasteiger partial charge in [0, 0.05) is 24.6 Å². The number of hydrogen-bond donors (Lipinski definition) is 2. The number of esters is 1. The Morgan fingerprint density at radius 1 is 1.56 bits per heavy atom. The molecule has 0 radical (unpaired) electrons. The van der Waals surface area contributed by atoms with Crippen molar-refractivity contribution in [2.24, 2.45) is 0 Å². The van der Waals surface area contributed by atoms with Crippen LogP contribution in [0.1, 0.15) is 13.3 Å². The second kappa shape index (κ2) is 7.51. The third kappa shape index (κ3) is 4.85. The van der Waals surface area contributed by atoms with Crippen molar-refractivity contribution in [3.8, 4) is 0 Å². The Bertz CT molecular complexity index is 242. The van der Waals surface area contributed by atoms with E-state index in [0.29, 0.717) is 13.2 Å². The maximum atomic E-state index is 11.6. The lowest BCUT2D eigenvalue weighted by Crippen LogP contribution is -2.49. The van der Waals surface area contributed by atoms with E-state index in [-0.39, 0.29) is 24.3 Å². The van der Waals surface area contributed by atoms with E-state index < -0.39 is 0 Å². The molecule has 2 N–H and O–H groups in total. The van der Waals surface area contributed by atoms with Crippen molar-refractivity contribution in [3.05, 3.63) is 0 Å². The van der Waals surface area contributed by atoms with E-state index in [1.165, 1.54) is 0 Å². The van der Waals surface area contributed by atoms with Gasteiger partial charge in [0.2, 0.25) is 5.91 Å². The summed E-state index contributed by atoms with van der Waals surface area (Å²) < 4.78 is 4.76. The molecule has 16 heavy (non-hydrogen) atoms. The molecule has 0 aliphatic carbocycles. The minimum Gasteiger partial charge on any atom is -0.466 e. The van der Waals surface area contributed by atoms with Crippen LogP contribution in [0, 0.1) is 0 Å². The first kappa shape index (κ1) is 13.3. The first-order chi connectivity index (χ1) is 7.74. The highest BCUT2D eigenvalue weighted by Gasteiger charge is 2.20. The fraction of sp³-hybridized carbons (Fsp3) is 0.800. The highest BCUT2D eigenvalue weighted by atomic mass is 32.2. The van der Waals surface area contributed by atoms with Crippen molar-refractivity contribution < 1.29 is 14.3 Å². The molecule has 1 amide bonds. The van der Waals surface area contributed by atoms with E-state index in [9.17, 15) is 9.59 Å². The molecule has 6 heteroatoms. The normalized spacial score (nSPS) is 20.2. The van der Waals surface area contributed by atoms with Crippen LogP contribution in [-0.4, -0.2) is 49.1 Å². The van der Waals surface area contributed by atoms with Gasteiger partial charge < -0.3 is 15.4 Å². The van der Waals surface area contributed by atoms with E-state index in [1.54, 1.807) is 18.7 Å². The Labute approximate surface area is 99.7 Å². The molecule has 1 unspecified atom stereocenters. The Morgan fingerprint density at radius 2 is 2.38 bits per heavy atom. The number of rotatable bonds is 5. The van der Waals surface area contributed by atoms with E-state index in [1.807, 2.05) is 0 Å². The van der Waals surface area contributed by atoms with Gasteiger partial charge in [0.15, 0.2) is 0 Å². The summed E-state index contributed by atoms with van der Waals surface area (Å²) >= 11 is 1.76. The molecule has 0 spiro atoms. The van der Waals surface area contributed by atoms with E-state index in [4.69, 9.17) is 4.74 Å². The van der Waals surface area contributed by atoms with Gasteiger partial charge in [0.1, 0.15) is 0 Å². The summed E-state index contributed by atoms with van der Waals surface area (Å²) in [6.45, 7) is 3.36. The summed E-state index contributed by atoms with van der Waals surface area (Å²) in [4.78, 5) is 22.6. The molecule has 1 fully saturated rings. The average molecular weight is 246 g/mol. The lowest BCUT2D eigenvalue weighted by Gasteiger charge is -2.22. The highest BCUT2D eigenvalue weighted by Crippen LogP contribution is 2.07. The van der Waals surface area contributed by atoms with Gasteiger partial charge in [-0.1, -0.05) is 0 Å². The Balaban J connectivity index is 2.12. The van der Waals surface area contributed by atoms with E-state index in [0.717, 1.165) is 18.1 Å². The quantitative estimate of drug-likeness (QED) is 0.655. The van der Waals surface area contributed by atoms with Crippen LogP contribution in [0.5, 0.6) is 0 Å². The van der Waals surface area contributed by atoms with Gasteiger partial charge in [-0.2, -0.15) is 11.8 Å². The molecule has 1 rings (SSSR count). The fourth-order valence-electron chi connectivity index (χ4n) is 1.38. The van der Waals surface area contributed by atoms with Crippen LogP contribution in [-0.2, 0) is 14.3 Å². The summed E-state index contributed by atoms with van der Waals surface area (Å²) in [5, 5.41) is 5.86. The molecule has 5 nitrogen and oxygen atoms in total. The molecule has 1 heterocycles. The van der Waals surface area contributed by atoms with Crippen LogP contribution in [0.25, 0.3) is 0 Å². The smallest absolute Gasteiger partial charge is 0.307 e. The highest BCUT2D eigenvalue weighted by molar-refractivity contribution is 7.99. The van der Waals surface area contributed by atoms with Gasteiger partial charge in [-0.25, -0.2) is 0 Å². The van der Waals surface area contributed by atoms with Crippen molar-refractivity contribution in [1.82, 2.24) is 10.6 Å². The molecular weight excluding hydrogens is 228 g/mol. The fourth-order valence-corrected chi connectivity index (χ4v) is 2.31. The van der Waals surface area contributed by atoms with Crippen molar-refractivity contribution in [3.63, 3.8) is 0 Å². The molecule has 0 saturated carbocycles. The van der Waals surface area contributed by atoms with Crippen molar-refractivity contribution >= 4 is 23.6 Å². The summed E-state index contributed by atoms with van der Waals surface area (Å²) in [5.74, 6) is 1.54. The number of hydrogen-bond acceptors (Lipinski definition) is 5. The summed E-state index contributed by atoms with van der Waals surface area (Å²) in [6, 6.07) is -0.124. The number of carbonyl (C=O) groups excluding carboxylic acids is 2. The summed E-state index contributed by atoms with van der Waals surface area (Å²) in [7, 11) is 0. The van der Waals surface area contributed by atoms with Crippen molar-refractivity contribution in [2.75, 3.05) is 31.2 Å². The minimum atomic E-state index is -0.270. The monoisotopic (exact) mass is 246 g/mol. The minimum absolute atomic E-state index is 0.0310. The molecule has 1 saturated heterocycles. The van der Waals surface area contributed by atoms with Crippen LogP contribution in [0.15, 0.2) is 0 Å². The van der Waals surface area contributed by atoms with Gasteiger partial charge in [0.05, 0.1) is 19.1 Å². The standard InChI is InChI=1S/C10H18N2O3S/c1-2-15-9(13)3-4-12-10(14)8-7-16-6-5-11-8/h8,11H,2-7H2,1H3,(H,12,14). The molecule has 1 aliphatic rings. The third-order valence-electron chi connectivity index (χ3n) is 2.17. The van der Waals surface area contributed by atoms with E-state index >= 15 is 0 Å². The first-order valence-electron chi connectivity index (χ1n) is 5.48. The lowest BCUT2D eigenvalue weighted by atomic mass is 10.3. The summed E-state index contributed by atoms with van der Waals surface area (Å²) in [6.07, 6.45) is 0.236. The predicted molar refractivity (Wildman–Crippen MR) is 63.4 cm³/mol. The van der Waals surface area contributed by atoms with Crippen molar-refractivity contribution in [2.45, 2.75) is 19.4 Å². The zero-order valence-electron chi connectivity index (χ0n) is 9.45. The van der Waals surface area contributed by atoms with Crippen molar-refractivity contribution in [1.29, 1.82) is 0 Å². The maximum absolute atomic E-state index is 11.6. The topological polar surface area (TPSA) is 67.4 Å². The van der Waals surface area contributed by atoms with Crippen LogP contribution < -0.4 is 10.6 Å².